The van der Waals surface area contributed by atoms with Crippen LogP contribution in [-0.4, -0.2) is 0 Å². The Labute approximate surface area is 104 Å². The summed E-state index contributed by atoms with van der Waals surface area (Å²) in [4.78, 5) is 0. The molecule has 0 nitrogen and oxygen atoms in total. The fourth-order valence-corrected chi connectivity index (χ4v) is 1.93. The summed E-state index contributed by atoms with van der Waals surface area (Å²) >= 11 is 0. The zero-order chi connectivity index (χ0) is 10.2. The Hall–Kier alpha value is -0.573. The van der Waals surface area contributed by atoms with Crippen molar-refractivity contribution >= 4 is 10.8 Å². The molecule has 0 spiro atoms. The average molecular weight is 192 g/mol. The molecule has 0 fully saturated rings. The summed E-state index contributed by atoms with van der Waals surface area (Å²) in [6, 6.07) is 13.2. The van der Waals surface area contributed by atoms with Crippen molar-refractivity contribution in [2.45, 2.75) is 27.2 Å². The molecule has 0 heterocycles. The van der Waals surface area contributed by atoms with Crippen LogP contribution in [0.4, 0.5) is 0 Å². The van der Waals surface area contributed by atoms with Gasteiger partial charge >= 0.3 is 18.9 Å². The molecule has 0 bridgehead atoms. The van der Waals surface area contributed by atoms with E-state index in [-0.39, 0.29) is 18.9 Å². The first-order valence-electron chi connectivity index (χ1n) is 5.19. The molecule has 0 aliphatic heterocycles. The van der Waals surface area contributed by atoms with Gasteiger partial charge in [-0.15, -0.1) is 40.6 Å². The minimum absolute atomic E-state index is 0. The molecule has 0 saturated carbocycles. The van der Waals surface area contributed by atoms with Gasteiger partial charge in [0.05, 0.1) is 0 Å². The fraction of sp³-hybridized carbons (Fsp3) is 0.357. The van der Waals surface area contributed by atoms with Gasteiger partial charge in [0.1, 0.15) is 0 Å². The predicted molar refractivity (Wildman–Crippen MR) is 62.7 cm³/mol. The second-order valence-electron chi connectivity index (χ2n) is 5.23. The van der Waals surface area contributed by atoms with E-state index < -0.39 is 0 Å². The summed E-state index contributed by atoms with van der Waals surface area (Å²) in [7, 11) is 0. The van der Waals surface area contributed by atoms with Crippen LogP contribution in [0.25, 0.3) is 10.8 Å². The average Bonchev–Trinajstić information content (AvgIpc) is 2.42. The van der Waals surface area contributed by atoms with Gasteiger partial charge in [0.2, 0.25) is 0 Å². The van der Waals surface area contributed by atoms with Crippen LogP contribution in [0.5, 0.6) is 0 Å². The van der Waals surface area contributed by atoms with Crippen molar-refractivity contribution in [3.05, 3.63) is 42.0 Å². The molecule has 2 aromatic rings. The summed E-state index contributed by atoms with van der Waals surface area (Å²) < 4.78 is 0. The van der Waals surface area contributed by atoms with E-state index in [1.807, 2.05) is 0 Å². The Morgan fingerprint density at radius 2 is 1.80 bits per heavy atom. The van der Waals surface area contributed by atoms with Crippen LogP contribution in [0.2, 0.25) is 0 Å². The fourth-order valence-electron chi connectivity index (χ4n) is 1.93. The molecule has 0 N–H and O–H groups in total. The van der Waals surface area contributed by atoms with Crippen LogP contribution in [0.1, 0.15) is 26.3 Å². The van der Waals surface area contributed by atoms with Gasteiger partial charge in [-0.3, -0.25) is 0 Å². The first-order valence-corrected chi connectivity index (χ1v) is 5.19. The molecule has 0 aromatic heterocycles. The van der Waals surface area contributed by atoms with E-state index in [4.69, 9.17) is 0 Å². The van der Waals surface area contributed by atoms with Gasteiger partial charge in [-0.25, -0.2) is 0 Å². The van der Waals surface area contributed by atoms with Crippen LogP contribution in [0, 0.1) is 5.41 Å². The SMILES string of the molecule is CC(C)(C)Cc1cc2ccccc2[cH-]1.[Li+]. The number of benzene rings is 1. The Balaban J connectivity index is 0.00000112. The normalized spacial score (nSPS) is 11.4. The van der Waals surface area contributed by atoms with Gasteiger partial charge in [-0.1, -0.05) is 26.8 Å². The van der Waals surface area contributed by atoms with E-state index in [0.29, 0.717) is 5.41 Å². The summed E-state index contributed by atoms with van der Waals surface area (Å²) in [5, 5.41) is 2.73. The largest absolute Gasteiger partial charge is 1.00 e. The molecule has 0 aliphatic carbocycles. The molecule has 15 heavy (non-hydrogen) atoms. The zero-order valence-corrected chi connectivity index (χ0v) is 10.2. The van der Waals surface area contributed by atoms with E-state index in [1.165, 1.54) is 16.3 Å². The molecule has 2 rings (SSSR count). The number of hydrogen-bond donors (Lipinski definition) is 0. The van der Waals surface area contributed by atoms with E-state index in [0.717, 1.165) is 6.42 Å². The van der Waals surface area contributed by atoms with Crippen LogP contribution in [0.3, 0.4) is 0 Å². The maximum atomic E-state index is 2.31. The smallest absolute Gasteiger partial charge is 0.165 e. The van der Waals surface area contributed by atoms with Crippen molar-refractivity contribution in [1.82, 2.24) is 0 Å². The molecule has 0 amide bonds. The first kappa shape index (κ1) is 12.5. The molecule has 0 atom stereocenters. The van der Waals surface area contributed by atoms with E-state index in [9.17, 15) is 0 Å². The topological polar surface area (TPSA) is 0 Å². The minimum atomic E-state index is 0. The standard InChI is InChI=1S/C14H17.Li/c1-14(2,3)10-11-8-12-6-4-5-7-13(12)9-11;/h4-9H,10H2,1-3H3;/q-1;+1. The van der Waals surface area contributed by atoms with Crippen molar-refractivity contribution in [2.75, 3.05) is 0 Å². The van der Waals surface area contributed by atoms with Gasteiger partial charge in [0.15, 0.2) is 0 Å². The van der Waals surface area contributed by atoms with Crippen molar-refractivity contribution in [3.63, 3.8) is 0 Å². The molecule has 74 valence electrons. The Morgan fingerprint density at radius 3 is 2.40 bits per heavy atom. The Kier molecular flexibility index (Phi) is 3.76. The van der Waals surface area contributed by atoms with Gasteiger partial charge in [-0.05, 0) is 11.8 Å². The van der Waals surface area contributed by atoms with Gasteiger partial charge in [-0.2, -0.15) is 6.07 Å². The third-order valence-corrected chi connectivity index (χ3v) is 2.41. The van der Waals surface area contributed by atoms with Gasteiger partial charge in [0.25, 0.3) is 0 Å². The molecular weight excluding hydrogens is 175 g/mol. The van der Waals surface area contributed by atoms with Crippen molar-refractivity contribution < 1.29 is 18.9 Å². The van der Waals surface area contributed by atoms with Crippen molar-refractivity contribution in [2.24, 2.45) is 5.41 Å². The minimum Gasteiger partial charge on any atom is -0.165 e. The van der Waals surface area contributed by atoms with Crippen molar-refractivity contribution in [1.29, 1.82) is 0 Å². The van der Waals surface area contributed by atoms with Crippen LogP contribution in [0.15, 0.2) is 36.4 Å². The third kappa shape index (κ3) is 3.19. The van der Waals surface area contributed by atoms with Crippen molar-refractivity contribution in [3.8, 4) is 0 Å². The maximum Gasteiger partial charge on any atom is 1.00 e. The van der Waals surface area contributed by atoms with E-state index in [1.54, 1.807) is 0 Å². The van der Waals surface area contributed by atoms with E-state index in [2.05, 4.69) is 57.2 Å². The monoisotopic (exact) mass is 192 g/mol. The quantitative estimate of drug-likeness (QED) is 0.469. The zero-order valence-electron chi connectivity index (χ0n) is 10.2. The molecule has 0 radical (unpaired) electrons. The molecular formula is C14H17Li. The second-order valence-corrected chi connectivity index (χ2v) is 5.23. The summed E-state index contributed by atoms with van der Waals surface area (Å²) in [6.07, 6.45) is 1.15. The van der Waals surface area contributed by atoms with Gasteiger partial charge < -0.3 is 0 Å². The third-order valence-electron chi connectivity index (χ3n) is 2.41. The first-order chi connectivity index (χ1) is 6.54. The summed E-state index contributed by atoms with van der Waals surface area (Å²) in [6.45, 7) is 6.85. The van der Waals surface area contributed by atoms with Crippen LogP contribution >= 0.6 is 0 Å². The Morgan fingerprint density at radius 1 is 1.13 bits per heavy atom. The Bertz CT molecular complexity index is 399. The summed E-state index contributed by atoms with van der Waals surface area (Å²) in [5.74, 6) is 0. The molecule has 0 aliphatic rings. The molecule has 0 saturated heterocycles. The van der Waals surface area contributed by atoms with Crippen LogP contribution < -0.4 is 18.9 Å². The molecule has 2 aromatic carbocycles. The number of fused-ring (bicyclic) bond motifs is 1. The maximum absolute atomic E-state index is 2.31. The second kappa shape index (κ2) is 4.52. The van der Waals surface area contributed by atoms with Crippen LogP contribution in [-0.2, 0) is 6.42 Å². The molecule has 1 heteroatoms. The molecule has 0 unspecified atom stereocenters. The number of rotatable bonds is 1. The summed E-state index contributed by atoms with van der Waals surface area (Å²) in [5.41, 5.74) is 1.84. The predicted octanol–water partition coefficient (Wildman–Crippen LogP) is 1.15. The van der Waals surface area contributed by atoms with E-state index >= 15 is 0 Å². The van der Waals surface area contributed by atoms with Gasteiger partial charge in [0, 0.05) is 0 Å². The number of hydrogen-bond acceptors (Lipinski definition) is 0.